The van der Waals surface area contributed by atoms with E-state index >= 15 is 4.39 Å². The molecule has 226 valence electrons. The van der Waals surface area contributed by atoms with Crippen molar-refractivity contribution < 1.29 is 33.3 Å². The summed E-state index contributed by atoms with van der Waals surface area (Å²) >= 11 is 1.39. The summed E-state index contributed by atoms with van der Waals surface area (Å²) in [7, 11) is -7.08. The zero-order chi connectivity index (χ0) is 29.7. The minimum Gasteiger partial charge on any atom is -0.492 e. The van der Waals surface area contributed by atoms with E-state index in [4.69, 9.17) is 4.74 Å². The second-order valence-corrected chi connectivity index (χ2v) is 17.0. The summed E-state index contributed by atoms with van der Waals surface area (Å²) < 4.78 is 33.6. The molecule has 3 atom stereocenters. The van der Waals surface area contributed by atoms with Crippen LogP contribution in [0, 0.1) is 11.7 Å². The smallest absolute Gasteiger partial charge is 0.337 e. The number of hydrogen-bond donors (Lipinski definition) is 5. The number of halogens is 1. The number of hydrogen-bond acceptors (Lipinski definition) is 8. The number of nitrogens with one attached hydrogen (secondary N) is 1. The third-order valence-electron chi connectivity index (χ3n) is 8.47. The van der Waals surface area contributed by atoms with E-state index in [9.17, 15) is 24.1 Å². The molecule has 13 heteroatoms. The number of ether oxygens (including phenoxy) is 1. The summed E-state index contributed by atoms with van der Waals surface area (Å²) in [6.45, 7) is 11.1. The Morgan fingerprint density at radius 1 is 1.24 bits per heavy atom. The molecule has 0 amide bonds. The van der Waals surface area contributed by atoms with Gasteiger partial charge in [0.2, 0.25) is 0 Å². The lowest BCUT2D eigenvalue weighted by Crippen LogP contribution is -2.40. The molecule has 3 aliphatic heterocycles. The molecule has 3 heterocycles. The first kappa shape index (κ1) is 30.9. The number of thioether (sulfide) groups is 1. The third-order valence-corrected chi connectivity index (χ3v) is 13.8. The standard InChI is InChI=1S/C28H40FN3O6P2S/c1-17-21-13-23(29)27(31-14-19-7-5-11-30-24(19)16-31)28(38-3)26(21)32(20-9-10-20)15-22(17)18(2)41-12-6-8-25(39(4,33)34)40(35,36)37/h13,15,19-20,24-25,30,33-34H,1-2,4-12,14,16H2,3H3,(H2,35,36,37)/t19-,24+,25?/m0/s1. The van der Waals surface area contributed by atoms with Crippen LogP contribution in [0.15, 0.2) is 35.9 Å². The van der Waals surface area contributed by atoms with Gasteiger partial charge in [0.05, 0.1) is 12.8 Å². The molecule has 1 aliphatic carbocycles. The fourth-order valence-electron chi connectivity index (χ4n) is 6.27. The molecular formula is C28H40FN3O6P2S. The largest absolute Gasteiger partial charge is 0.492 e. The molecule has 4 aliphatic rings. The van der Waals surface area contributed by atoms with Crippen LogP contribution in [0.4, 0.5) is 15.8 Å². The Labute approximate surface area is 245 Å². The van der Waals surface area contributed by atoms with Gasteiger partial charge in [0, 0.05) is 47.4 Å². The molecule has 0 bridgehead atoms. The molecular weight excluding hydrogens is 587 g/mol. The molecule has 1 saturated carbocycles. The highest BCUT2D eigenvalue weighted by Crippen LogP contribution is 2.61. The molecule has 1 unspecified atom stereocenters. The van der Waals surface area contributed by atoms with E-state index in [1.165, 1.54) is 11.8 Å². The minimum atomic E-state index is -4.71. The van der Waals surface area contributed by atoms with Crippen LogP contribution in [-0.2, 0) is 4.57 Å². The van der Waals surface area contributed by atoms with Gasteiger partial charge in [-0.25, -0.2) is 4.39 Å². The maximum atomic E-state index is 16.0. The highest BCUT2D eigenvalue weighted by Gasteiger charge is 2.41. The van der Waals surface area contributed by atoms with Gasteiger partial charge in [0.25, 0.3) is 0 Å². The Kier molecular flexibility index (Phi) is 8.93. The van der Waals surface area contributed by atoms with Crippen LogP contribution < -0.4 is 19.9 Å². The molecule has 9 nitrogen and oxygen atoms in total. The Balaban J connectivity index is 1.37. The van der Waals surface area contributed by atoms with E-state index in [0.717, 1.165) is 56.6 Å². The van der Waals surface area contributed by atoms with Crippen LogP contribution in [0.5, 0.6) is 5.75 Å². The first-order valence-corrected chi connectivity index (χ1v) is 18.6. The number of methoxy groups -OCH3 is 1. The number of allylic oxidation sites excluding steroid dienone is 2. The topological polar surface area (TPSA) is 126 Å². The van der Waals surface area contributed by atoms with Crippen LogP contribution in [0.2, 0.25) is 0 Å². The van der Waals surface area contributed by atoms with Crippen molar-refractivity contribution in [2.45, 2.75) is 56.0 Å². The second kappa shape index (κ2) is 11.9. The Bertz CT molecular complexity index is 1320. The Morgan fingerprint density at radius 3 is 2.59 bits per heavy atom. The van der Waals surface area contributed by atoms with Crippen LogP contribution >= 0.6 is 26.7 Å². The average Bonchev–Trinajstić information content (AvgIpc) is 3.64. The maximum absolute atomic E-state index is 16.0. The van der Waals surface area contributed by atoms with Gasteiger partial charge >= 0.3 is 7.60 Å². The van der Waals surface area contributed by atoms with Gasteiger partial charge in [-0.3, -0.25) is 4.57 Å². The van der Waals surface area contributed by atoms with Gasteiger partial charge in [-0.15, -0.1) is 11.8 Å². The van der Waals surface area contributed by atoms with Crippen molar-refractivity contribution >= 4 is 49.9 Å². The normalized spacial score (nSPS) is 23.7. The second-order valence-electron chi connectivity index (χ2n) is 11.4. The Hall–Kier alpha value is -1.55. The monoisotopic (exact) mass is 627 g/mol. The molecule has 41 heavy (non-hydrogen) atoms. The predicted molar refractivity (Wildman–Crippen MR) is 167 cm³/mol. The molecule has 5 rings (SSSR count). The quantitative estimate of drug-likeness (QED) is 0.174. The molecule has 2 saturated heterocycles. The van der Waals surface area contributed by atoms with E-state index < -0.39 is 20.3 Å². The predicted octanol–water partition coefficient (Wildman–Crippen LogP) is 4.70. The lowest BCUT2D eigenvalue weighted by atomic mass is 9.92. The summed E-state index contributed by atoms with van der Waals surface area (Å²) in [6, 6.07) is 2.18. The van der Waals surface area contributed by atoms with Crippen molar-refractivity contribution in [3.63, 3.8) is 0 Å². The zero-order valence-corrected chi connectivity index (χ0v) is 25.9. The highest BCUT2D eigenvalue weighted by atomic mass is 32.2. The number of anilines is 2. The average molecular weight is 628 g/mol. The van der Waals surface area contributed by atoms with Gasteiger partial charge < -0.3 is 39.4 Å². The van der Waals surface area contributed by atoms with Crippen molar-refractivity contribution in [2.24, 2.45) is 5.92 Å². The van der Waals surface area contributed by atoms with Crippen LogP contribution in [0.3, 0.4) is 0 Å². The number of piperidine rings is 1. The zero-order valence-electron chi connectivity index (χ0n) is 23.3. The van der Waals surface area contributed by atoms with Gasteiger partial charge in [0.1, 0.15) is 18.4 Å². The van der Waals surface area contributed by atoms with Gasteiger partial charge in [-0.2, -0.15) is 0 Å². The molecule has 0 spiro atoms. The van der Waals surface area contributed by atoms with Crippen molar-refractivity contribution in [1.29, 1.82) is 0 Å². The number of benzene rings is 1. The van der Waals surface area contributed by atoms with Gasteiger partial charge in [0.15, 0.2) is 11.6 Å². The summed E-state index contributed by atoms with van der Waals surface area (Å²) in [5.41, 5.74) is 3.40. The number of rotatable bonds is 11. The SMILES string of the molecule is C=C(SCCCC(P(=C)(O)O)P(=O)(O)O)C1=CN(C2CC2)c2c(cc(F)c(N3C[C@@H]4CCCN[C@@H]4C3)c2OC)C1=C. The lowest BCUT2D eigenvalue weighted by Gasteiger charge is -2.35. The summed E-state index contributed by atoms with van der Waals surface area (Å²) in [5, 5.41) is 2.01. The lowest BCUT2D eigenvalue weighted by molar-refractivity contribution is 0.340. The fraction of sp³-hybridized carbons (Fsp3) is 0.536. The van der Waals surface area contributed by atoms with Crippen LogP contribution in [-0.4, -0.2) is 75.9 Å². The number of nitrogens with zero attached hydrogens (tertiary/aromatic N) is 2. The first-order valence-electron chi connectivity index (χ1n) is 14.0. The van der Waals surface area contributed by atoms with E-state index in [1.54, 1.807) is 13.2 Å². The number of fused-ring (bicyclic) bond motifs is 2. The highest BCUT2D eigenvalue weighted by molar-refractivity contribution is 8.03. The molecule has 0 radical (unpaired) electrons. The van der Waals surface area contributed by atoms with E-state index in [1.807, 2.05) is 6.20 Å². The van der Waals surface area contributed by atoms with E-state index in [0.29, 0.717) is 51.6 Å². The molecule has 0 aromatic heterocycles. The fourth-order valence-corrected chi connectivity index (χ4v) is 10.2. The van der Waals surface area contributed by atoms with Crippen molar-refractivity contribution in [3.05, 3.63) is 47.3 Å². The molecule has 1 aromatic rings. The van der Waals surface area contributed by atoms with Crippen LogP contribution in [0.25, 0.3) is 5.57 Å². The summed E-state index contributed by atoms with van der Waals surface area (Å²) in [5.74, 6) is 1.12. The minimum absolute atomic E-state index is 0.0786. The summed E-state index contributed by atoms with van der Waals surface area (Å²) in [4.78, 5) is 43.7. The molecule has 3 fully saturated rings. The summed E-state index contributed by atoms with van der Waals surface area (Å²) in [6.07, 6.45) is 9.72. The van der Waals surface area contributed by atoms with Gasteiger partial charge in [-0.1, -0.05) is 19.5 Å². The van der Waals surface area contributed by atoms with E-state index in [2.05, 4.69) is 34.6 Å². The Morgan fingerprint density at radius 2 is 1.98 bits per heavy atom. The molecule has 1 aromatic carbocycles. The van der Waals surface area contributed by atoms with Crippen molar-refractivity contribution in [2.75, 3.05) is 42.3 Å². The first-order chi connectivity index (χ1) is 19.3. The third kappa shape index (κ3) is 6.38. The molecule has 5 N–H and O–H groups in total. The van der Waals surface area contributed by atoms with Gasteiger partial charge in [-0.05, 0) is 68.4 Å². The van der Waals surface area contributed by atoms with Crippen molar-refractivity contribution in [3.8, 4) is 5.75 Å². The van der Waals surface area contributed by atoms with Crippen LogP contribution in [0.1, 0.15) is 44.1 Å². The van der Waals surface area contributed by atoms with Crippen molar-refractivity contribution in [1.82, 2.24) is 5.32 Å². The van der Waals surface area contributed by atoms with E-state index in [-0.39, 0.29) is 18.3 Å². The maximum Gasteiger partial charge on any atom is 0.337 e.